The fourth-order valence-corrected chi connectivity index (χ4v) is 2.80. The van der Waals surface area contributed by atoms with Crippen LogP contribution in [0, 0.1) is 0 Å². The van der Waals surface area contributed by atoms with Crippen molar-refractivity contribution in [2.24, 2.45) is 0 Å². The monoisotopic (exact) mass is 302 g/mol. The van der Waals surface area contributed by atoms with E-state index in [1.54, 1.807) is 0 Å². The maximum atomic E-state index is 4.41. The van der Waals surface area contributed by atoms with Crippen molar-refractivity contribution in [1.82, 2.24) is 0 Å². The van der Waals surface area contributed by atoms with Gasteiger partial charge in [-0.3, -0.25) is 0 Å². The first-order chi connectivity index (χ1) is 7.20. The van der Waals surface area contributed by atoms with Gasteiger partial charge in [0, 0.05) is 22.0 Å². The summed E-state index contributed by atoms with van der Waals surface area (Å²) in [4.78, 5) is 0. The summed E-state index contributed by atoms with van der Waals surface area (Å²) >= 11 is 19.3. The van der Waals surface area contributed by atoms with Crippen molar-refractivity contribution < 1.29 is 0 Å². The van der Waals surface area contributed by atoms with Crippen molar-refractivity contribution in [3.63, 3.8) is 0 Å². The van der Waals surface area contributed by atoms with Gasteiger partial charge in [-0.25, -0.2) is 0 Å². The van der Waals surface area contributed by atoms with E-state index >= 15 is 0 Å². The minimum absolute atomic E-state index is 0.472. The molecule has 0 fully saturated rings. The highest BCUT2D eigenvalue weighted by molar-refractivity contribution is 7.99. The van der Waals surface area contributed by atoms with E-state index in [1.165, 1.54) is 37.2 Å². The van der Waals surface area contributed by atoms with Crippen LogP contribution in [0.1, 0.15) is 25.7 Å². The van der Waals surface area contributed by atoms with E-state index in [2.05, 4.69) is 50.5 Å². The molecule has 0 rings (SSSR count). The van der Waals surface area contributed by atoms with Crippen LogP contribution in [0.15, 0.2) is 0 Å². The molecule has 0 spiro atoms. The smallest absolute Gasteiger partial charge is 0.0105 e. The maximum absolute atomic E-state index is 4.41. The van der Waals surface area contributed by atoms with Crippen molar-refractivity contribution in [1.29, 1.82) is 0 Å². The Labute approximate surface area is 121 Å². The Morgan fingerprint density at radius 3 is 1.53 bits per heavy atom. The van der Waals surface area contributed by atoms with E-state index in [4.69, 9.17) is 0 Å². The van der Waals surface area contributed by atoms with Crippen molar-refractivity contribution in [3.05, 3.63) is 0 Å². The van der Waals surface area contributed by atoms with Crippen LogP contribution in [0.3, 0.4) is 0 Å². The average Bonchev–Trinajstić information content (AvgIpc) is 2.26. The molecule has 0 aromatic rings. The van der Waals surface area contributed by atoms with Crippen LogP contribution in [0.25, 0.3) is 0 Å². The summed E-state index contributed by atoms with van der Waals surface area (Å²) in [5, 5.41) is 0.944. The SMILES string of the molecule is SCC(S)CCCSCCCC(S)CS. The second kappa shape index (κ2) is 12.2. The topological polar surface area (TPSA) is 0 Å². The minimum Gasteiger partial charge on any atom is -0.178 e. The molecular formula is C10H22S5. The van der Waals surface area contributed by atoms with Crippen molar-refractivity contribution in [3.8, 4) is 0 Å². The number of hydrogen-bond donors (Lipinski definition) is 4. The second-order valence-corrected chi connectivity index (χ2v) is 6.99. The Morgan fingerprint density at radius 1 is 0.800 bits per heavy atom. The number of thiol groups is 4. The van der Waals surface area contributed by atoms with Gasteiger partial charge in [0.1, 0.15) is 0 Å². The average molecular weight is 303 g/mol. The highest BCUT2D eigenvalue weighted by atomic mass is 32.2. The zero-order chi connectivity index (χ0) is 11.5. The molecule has 0 aromatic carbocycles. The van der Waals surface area contributed by atoms with Crippen LogP contribution in [-0.2, 0) is 0 Å². The minimum atomic E-state index is 0.472. The van der Waals surface area contributed by atoms with Crippen LogP contribution < -0.4 is 0 Å². The molecule has 0 aromatic heterocycles. The van der Waals surface area contributed by atoms with Gasteiger partial charge in [0.05, 0.1) is 0 Å². The van der Waals surface area contributed by atoms with Crippen molar-refractivity contribution in [2.45, 2.75) is 36.2 Å². The largest absolute Gasteiger partial charge is 0.178 e. The lowest BCUT2D eigenvalue weighted by atomic mass is 10.3. The van der Waals surface area contributed by atoms with E-state index in [0.717, 1.165) is 11.5 Å². The first kappa shape index (κ1) is 16.8. The fraction of sp³-hybridized carbons (Fsp3) is 1.00. The molecule has 92 valence electrons. The van der Waals surface area contributed by atoms with E-state index < -0.39 is 0 Å². The van der Waals surface area contributed by atoms with Crippen LogP contribution in [0.5, 0.6) is 0 Å². The molecule has 15 heavy (non-hydrogen) atoms. The predicted molar refractivity (Wildman–Crippen MR) is 89.0 cm³/mol. The molecule has 0 saturated carbocycles. The van der Waals surface area contributed by atoms with Gasteiger partial charge in [0.25, 0.3) is 0 Å². The quantitative estimate of drug-likeness (QED) is 0.352. The third-order valence-corrected chi connectivity index (χ3v) is 5.57. The van der Waals surface area contributed by atoms with Gasteiger partial charge in [-0.2, -0.15) is 62.3 Å². The number of thioether (sulfide) groups is 1. The molecule has 0 nitrogen and oxygen atoms in total. The Morgan fingerprint density at radius 2 is 1.20 bits per heavy atom. The standard InChI is InChI=1S/C10H22S5/c11-7-9(13)3-1-5-15-6-2-4-10(14)8-12/h9-14H,1-8H2. The van der Waals surface area contributed by atoms with Gasteiger partial charge < -0.3 is 0 Å². The highest BCUT2D eigenvalue weighted by Crippen LogP contribution is 2.14. The van der Waals surface area contributed by atoms with Gasteiger partial charge in [-0.05, 0) is 37.2 Å². The van der Waals surface area contributed by atoms with Gasteiger partial charge in [0.2, 0.25) is 0 Å². The van der Waals surface area contributed by atoms with Gasteiger partial charge in [-0.15, -0.1) is 0 Å². The number of rotatable bonds is 10. The first-order valence-corrected chi connectivity index (χ1v) is 8.81. The Balaban J connectivity index is 3.05. The van der Waals surface area contributed by atoms with E-state index in [0.29, 0.717) is 10.5 Å². The molecule has 0 bridgehead atoms. The molecule has 2 atom stereocenters. The Kier molecular flexibility index (Phi) is 13.6. The maximum Gasteiger partial charge on any atom is 0.0105 e. The summed E-state index contributed by atoms with van der Waals surface area (Å²) in [6, 6.07) is 0. The zero-order valence-corrected chi connectivity index (χ0v) is 13.4. The van der Waals surface area contributed by atoms with E-state index in [-0.39, 0.29) is 0 Å². The molecule has 0 aliphatic heterocycles. The van der Waals surface area contributed by atoms with Crippen molar-refractivity contribution in [2.75, 3.05) is 23.0 Å². The molecule has 0 amide bonds. The first-order valence-electron chi connectivity index (χ1n) is 5.36. The lowest BCUT2D eigenvalue weighted by Gasteiger charge is -2.08. The number of hydrogen-bond acceptors (Lipinski definition) is 5. The summed E-state index contributed by atoms with van der Waals surface area (Å²) in [7, 11) is 0. The third-order valence-electron chi connectivity index (χ3n) is 2.07. The summed E-state index contributed by atoms with van der Waals surface area (Å²) in [5.74, 6) is 4.28. The molecule has 0 aliphatic rings. The second-order valence-electron chi connectivity index (χ2n) is 3.57. The van der Waals surface area contributed by atoms with E-state index in [1.807, 2.05) is 11.8 Å². The summed E-state index contributed by atoms with van der Waals surface area (Å²) in [6.45, 7) is 0. The molecule has 2 unspecified atom stereocenters. The molecule has 0 radical (unpaired) electrons. The molecule has 0 saturated heterocycles. The zero-order valence-electron chi connectivity index (χ0n) is 9.01. The summed E-state index contributed by atoms with van der Waals surface area (Å²) in [5.41, 5.74) is 0. The molecule has 0 aliphatic carbocycles. The molecule has 0 N–H and O–H groups in total. The van der Waals surface area contributed by atoms with Gasteiger partial charge in [0.15, 0.2) is 0 Å². The van der Waals surface area contributed by atoms with Gasteiger partial charge >= 0.3 is 0 Å². The normalized spacial score (nSPS) is 15.2. The lowest BCUT2D eigenvalue weighted by Crippen LogP contribution is -2.02. The van der Waals surface area contributed by atoms with Gasteiger partial charge in [-0.1, -0.05) is 0 Å². The summed E-state index contributed by atoms with van der Waals surface area (Å²) in [6.07, 6.45) is 4.89. The predicted octanol–water partition coefficient (Wildman–Crippen LogP) is 3.74. The van der Waals surface area contributed by atoms with E-state index in [9.17, 15) is 0 Å². The fourth-order valence-electron chi connectivity index (χ4n) is 1.13. The van der Waals surface area contributed by atoms with Crippen LogP contribution in [0.2, 0.25) is 0 Å². The Bertz CT molecular complexity index is 117. The summed E-state index contributed by atoms with van der Waals surface area (Å²) < 4.78 is 0. The van der Waals surface area contributed by atoms with Crippen LogP contribution in [-0.4, -0.2) is 33.5 Å². The lowest BCUT2D eigenvalue weighted by molar-refractivity contribution is 0.795. The van der Waals surface area contributed by atoms with Crippen LogP contribution in [0.4, 0.5) is 0 Å². The molecular weight excluding hydrogens is 280 g/mol. The third kappa shape index (κ3) is 12.0. The molecule has 0 heterocycles. The Hall–Kier alpha value is 1.75. The van der Waals surface area contributed by atoms with Crippen molar-refractivity contribution >= 4 is 62.3 Å². The van der Waals surface area contributed by atoms with Crippen LogP contribution >= 0.6 is 62.3 Å². The molecule has 5 heteroatoms. The highest BCUT2D eigenvalue weighted by Gasteiger charge is 2.01.